The molecule has 1 aromatic heterocycles. The standard InChI is InChI=1S/C11H8Cl3N3O2/c1-2-8-10(11(18)19)15-16-17(8)9-4-6(13)5(12)3-7(9)14/h3-4H,2H2,1H3,(H,18,19). The molecule has 2 aromatic rings. The van der Waals surface area contributed by atoms with Gasteiger partial charge in [0.05, 0.1) is 26.4 Å². The van der Waals surface area contributed by atoms with E-state index >= 15 is 0 Å². The normalized spacial score (nSPS) is 10.7. The van der Waals surface area contributed by atoms with E-state index in [0.717, 1.165) is 0 Å². The average molecular weight is 321 g/mol. The van der Waals surface area contributed by atoms with Gasteiger partial charge in [0.2, 0.25) is 0 Å². The van der Waals surface area contributed by atoms with Gasteiger partial charge in [-0.25, -0.2) is 9.48 Å². The summed E-state index contributed by atoms with van der Waals surface area (Å²) in [5, 5.41) is 17.4. The van der Waals surface area contributed by atoms with Crippen LogP contribution in [0.5, 0.6) is 0 Å². The molecule has 0 spiro atoms. The van der Waals surface area contributed by atoms with Crippen LogP contribution in [0, 0.1) is 0 Å². The molecule has 0 bridgehead atoms. The number of nitrogens with zero attached hydrogens (tertiary/aromatic N) is 3. The van der Waals surface area contributed by atoms with E-state index < -0.39 is 5.97 Å². The second kappa shape index (κ2) is 5.36. The van der Waals surface area contributed by atoms with Crippen molar-refractivity contribution in [3.05, 3.63) is 38.6 Å². The van der Waals surface area contributed by atoms with Crippen molar-refractivity contribution in [1.29, 1.82) is 0 Å². The summed E-state index contributed by atoms with van der Waals surface area (Å²) in [4.78, 5) is 11.0. The van der Waals surface area contributed by atoms with Gasteiger partial charge >= 0.3 is 5.97 Å². The van der Waals surface area contributed by atoms with Crippen LogP contribution >= 0.6 is 34.8 Å². The SMILES string of the molecule is CCc1c(C(=O)O)nnn1-c1cc(Cl)c(Cl)cc1Cl. The molecule has 1 heterocycles. The Balaban J connectivity index is 2.66. The van der Waals surface area contributed by atoms with Crippen LogP contribution in [0.1, 0.15) is 23.1 Å². The highest BCUT2D eigenvalue weighted by molar-refractivity contribution is 6.43. The number of hydrogen-bond acceptors (Lipinski definition) is 3. The Kier molecular flexibility index (Phi) is 3.99. The third kappa shape index (κ3) is 2.54. The Hall–Kier alpha value is -1.30. The van der Waals surface area contributed by atoms with E-state index in [9.17, 15) is 4.79 Å². The van der Waals surface area contributed by atoms with Gasteiger partial charge < -0.3 is 5.11 Å². The van der Waals surface area contributed by atoms with Crippen LogP contribution < -0.4 is 0 Å². The molecule has 0 fully saturated rings. The molecule has 0 aliphatic heterocycles. The van der Waals surface area contributed by atoms with E-state index in [1.807, 2.05) is 0 Å². The number of carbonyl (C=O) groups is 1. The lowest BCUT2D eigenvalue weighted by molar-refractivity contribution is 0.0689. The van der Waals surface area contributed by atoms with Gasteiger partial charge in [-0.05, 0) is 18.6 Å². The molecule has 1 N–H and O–H groups in total. The van der Waals surface area contributed by atoms with Gasteiger partial charge in [0.1, 0.15) is 0 Å². The molecule has 0 atom stereocenters. The lowest BCUT2D eigenvalue weighted by Gasteiger charge is -2.08. The van der Waals surface area contributed by atoms with E-state index in [1.54, 1.807) is 6.92 Å². The minimum absolute atomic E-state index is 0.107. The summed E-state index contributed by atoms with van der Waals surface area (Å²) in [6.07, 6.45) is 0.436. The molecule has 0 saturated carbocycles. The second-order valence-corrected chi connectivity index (χ2v) is 4.89. The fourth-order valence-electron chi connectivity index (χ4n) is 1.65. The molecule has 2 rings (SSSR count). The molecule has 0 radical (unpaired) electrons. The predicted molar refractivity (Wildman–Crippen MR) is 72.7 cm³/mol. The van der Waals surface area contributed by atoms with E-state index in [2.05, 4.69) is 10.3 Å². The smallest absolute Gasteiger partial charge is 0.358 e. The predicted octanol–water partition coefficient (Wildman–Crippen LogP) is 3.49. The maximum Gasteiger partial charge on any atom is 0.358 e. The Morgan fingerprint density at radius 3 is 2.47 bits per heavy atom. The van der Waals surface area contributed by atoms with Crippen LogP contribution in [0.2, 0.25) is 15.1 Å². The number of hydrogen-bond donors (Lipinski definition) is 1. The fourth-order valence-corrected chi connectivity index (χ4v) is 2.27. The Morgan fingerprint density at radius 1 is 1.26 bits per heavy atom. The lowest BCUT2D eigenvalue weighted by atomic mass is 10.2. The topological polar surface area (TPSA) is 68.0 Å². The molecule has 5 nitrogen and oxygen atoms in total. The van der Waals surface area contributed by atoms with Crippen LogP contribution in [-0.2, 0) is 6.42 Å². The number of carboxylic acid groups (broad SMARTS) is 1. The summed E-state index contributed by atoms with van der Waals surface area (Å²) < 4.78 is 1.36. The highest BCUT2D eigenvalue weighted by Gasteiger charge is 2.20. The van der Waals surface area contributed by atoms with Gasteiger partial charge in [-0.15, -0.1) is 5.10 Å². The van der Waals surface area contributed by atoms with Crippen molar-refractivity contribution in [2.75, 3.05) is 0 Å². The van der Waals surface area contributed by atoms with Crippen molar-refractivity contribution >= 4 is 40.8 Å². The largest absolute Gasteiger partial charge is 0.476 e. The van der Waals surface area contributed by atoms with Gasteiger partial charge in [0.15, 0.2) is 5.69 Å². The lowest BCUT2D eigenvalue weighted by Crippen LogP contribution is -2.06. The summed E-state index contributed by atoms with van der Waals surface area (Å²) in [6, 6.07) is 2.99. The van der Waals surface area contributed by atoms with Crippen molar-refractivity contribution in [3.8, 4) is 5.69 Å². The summed E-state index contributed by atoms with van der Waals surface area (Å²) >= 11 is 17.9. The van der Waals surface area contributed by atoms with E-state index in [-0.39, 0.29) is 5.69 Å². The van der Waals surface area contributed by atoms with E-state index in [0.29, 0.717) is 32.9 Å². The zero-order valence-electron chi connectivity index (χ0n) is 9.69. The van der Waals surface area contributed by atoms with Crippen LogP contribution in [0.25, 0.3) is 5.69 Å². The summed E-state index contributed by atoms with van der Waals surface area (Å²) in [6.45, 7) is 1.80. The number of carboxylic acids is 1. The monoisotopic (exact) mass is 319 g/mol. The van der Waals surface area contributed by atoms with Crippen molar-refractivity contribution in [2.24, 2.45) is 0 Å². The molecule has 0 unspecified atom stereocenters. The minimum atomic E-state index is -1.14. The highest BCUT2D eigenvalue weighted by Crippen LogP contribution is 2.31. The maximum atomic E-state index is 11.0. The first-order valence-corrected chi connectivity index (χ1v) is 6.41. The zero-order valence-corrected chi connectivity index (χ0v) is 12.0. The number of aromatic nitrogens is 3. The summed E-state index contributed by atoms with van der Waals surface area (Å²) in [7, 11) is 0. The van der Waals surface area contributed by atoms with Crippen LogP contribution in [0.4, 0.5) is 0 Å². The minimum Gasteiger partial charge on any atom is -0.476 e. The van der Waals surface area contributed by atoms with Gasteiger partial charge in [0.25, 0.3) is 0 Å². The van der Waals surface area contributed by atoms with Gasteiger partial charge in [-0.1, -0.05) is 46.9 Å². The first-order chi connectivity index (χ1) is 8.95. The molecule has 0 amide bonds. The summed E-state index contributed by atoms with van der Waals surface area (Å²) in [5.74, 6) is -1.14. The average Bonchev–Trinajstić information content (AvgIpc) is 2.77. The number of halogens is 3. The molecule has 0 aliphatic rings. The van der Waals surface area contributed by atoms with E-state index in [4.69, 9.17) is 39.9 Å². The molecule has 0 saturated heterocycles. The summed E-state index contributed by atoms with van der Waals surface area (Å²) in [5.41, 5.74) is 0.769. The highest BCUT2D eigenvalue weighted by atomic mass is 35.5. The van der Waals surface area contributed by atoms with Crippen LogP contribution in [-0.4, -0.2) is 26.1 Å². The zero-order chi connectivity index (χ0) is 14.2. The second-order valence-electron chi connectivity index (χ2n) is 3.67. The van der Waals surface area contributed by atoms with E-state index in [1.165, 1.54) is 16.8 Å². The third-order valence-corrected chi connectivity index (χ3v) is 3.54. The molecular weight excluding hydrogens is 312 g/mol. The third-order valence-electron chi connectivity index (χ3n) is 2.52. The first-order valence-electron chi connectivity index (χ1n) is 5.28. The van der Waals surface area contributed by atoms with Gasteiger partial charge in [-0.3, -0.25) is 0 Å². The van der Waals surface area contributed by atoms with Gasteiger partial charge in [-0.2, -0.15) is 0 Å². The molecule has 0 aliphatic carbocycles. The Labute approximate surface area is 123 Å². The van der Waals surface area contributed by atoms with Gasteiger partial charge in [0, 0.05) is 0 Å². The fraction of sp³-hybridized carbons (Fsp3) is 0.182. The van der Waals surface area contributed by atoms with Crippen LogP contribution in [0.3, 0.4) is 0 Å². The molecular formula is C11H8Cl3N3O2. The maximum absolute atomic E-state index is 11.0. The number of aromatic carboxylic acids is 1. The van der Waals surface area contributed by atoms with Crippen molar-refractivity contribution in [2.45, 2.75) is 13.3 Å². The molecule has 1 aromatic carbocycles. The quantitative estimate of drug-likeness (QED) is 0.879. The molecule has 8 heteroatoms. The van der Waals surface area contributed by atoms with Crippen LogP contribution in [0.15, 0.2) is 12.1 Å². The Bertz CT molecular complexity index is 655. The van der Waals surface area contributed by atoms with Crippen molar-refractivity contribution in [1.82, 2.24) is 15.0 Å². The molecule has 100 valence electrons. The number of benzene rings is 1. The number of rotatable bonds is 3. The first kappa shape index (κ1) is 14.1. The van der Waals surface area contributed by atoms with Crippen molar-refractivity contribution in [3.63, 3.8) is 0 Å². The Morgan fingerprint density at radius 2 is 1.89 bits per heavy atom. The van der Waals surface area contributed by atoms with Crippen molar-refractivity contribution < 1.29 is 9.90 Å². The molecule has 19 heavy (non-hydrogen) atoms.